The smallest absolute Gasteiger partial charge is 0.0601 e. The van der Waals surface area contributed by atoms with Crippen LogP contribution in [0.1, 0.15) is 33.1 Å². The molecule has 1 N–H and O–H groups in total. The van der Waals surface area contributed by atoms with E-state index in [4.69, 9.17) is 5.21 Å². The predicted octanol–water partition coefficient (Wildman–Crippen LogP) is 2.27. The fraction of sp³-hybridized carbons (Fsp3) is 0.875. The van der Waals surface area contributed by atoms with Crippen LogP contribution in [0, 0.1) is 11.8 Å². The zero-order valence-electron chi connectivity index (χ0n) is 6.67. The van der Waals surface area contributed by atoms with Crippen molar-refractivity contribution in [3.05, 3.63) is 0 Å². The summed E-state index contributed by atoms with van der Waals surface area (Å²) in [7, 11) is 0. The maximum Gasteiger partial charge on any atom is 0.0601 e. The van der Waals surface area contributed by atoms with Crippen LogP contribution >= 0.6 is 0 Å². The van der Waals surface area contributed by atoms with Gasteiger partial charge in [-0.3, -0.25) is 0 Å². The maximum atomic E-state index is 8.57. The first kappa shape index (κ1) is 7.58. The van der Waals surface area contributed by atoms with Crippen LogP contribution in [0.15, 0.2) is 5.16 Å². The standard InChI is InChI=1S/C8H15NO/c1-6-4-3-5-8(9-10)7(6)2/h6-7,10H,3-5H2,1-2H3. The number of hydrogen-bond acceptors (Lipinski definition) is 2. The summed E-state index contributed by atoms with van der Waals surface area (Å²) >= 11 is 0. The van der Waals surface area contributed by atoms with Crippen LogP contribution in [0.5, 0.6) is 0 Å². The van der Waals surface area contributed by atoms with Crippen molar-refractivity contribution in [3.63, 3.8) is 0 Å². The largest absolute Gasteiger partial charge is 0.411 e. The molecule has 0 aromatic carbocycles. The molecule has 0 aliphatic heterocycles. The van der Waals surface area contributed by atoms with E-state index in [9.17, 15) is 0 Å². The van der Waals surface area contributed by atoms with Gasteiger partial charge in [0.15, 0.2) is 0 Å². The normalized spacial score (nSPS) is 38.4. The van der Waals surface area contributed by atoms with E-state index in [-0.39, 0.29) is 0 Å². The van der Waals surface area contributed by atoms with Crippen LogP contribution in [-0.2, 0) is 0 Å². The van der Waals surface area contributed by atoms with Crippen molar-refractivity contribution in [1.29, 1.82) is 0 Å². The number of nitrogens with zero attached hydrogens (tertiary/aromatic N) is 1. The van der Waals surface area contributed by atoms with E-state index in [1.165, 1.54) is 12.8 Å². The second kappa shape index (κ2) is 3.04. The molecule has 0 radical (unpaired) electrons. The summed E-state index contributed by atoms with van der Waals surface area (Å²) in [4.78, 5) is 0. The fourth-order valence-corrected chi connectivity index (χ4v) is 1.55. The van der Waals surface area contributed by atoms with Gasteiger partial charge in [-0.25, -0.2) is 0 Å². The Morgan fingerprint density at radius 3 is 2.70 bits per heavy atom. The Morgan fingerprint density at radius 1 is 1.50 bits per heavy atom. The lowest BCUT2D eigenvalue weighted by molar-refractivity contribution is 0.300. The molecule has 2 unspecified atom stereocenters. The lowest BCUT2D eigenvalue weighted by Crippen LogP contribution is -2.23. The van der Waals surface area contributed by atoms with E-state index in [0.717, 1.165) is 12.1 Å². The van der Waals surface area contributed by atoms with Crippen molar-refractivity contribution >= 4 is 5.71 Å². The highest BCUT2D eigenvalue weighted by atomic mass is 16.4. The zero-order chi connectivity index (χ0) is 7.56. The molecule has 58 valence electrons. The molecule has 2 atom stereocenters. The van der Waals surface area contributed by atoms with Gasteiger partial charge in [0.2, 0.25) is 0 Å². The van der Waals surface area contributed by atoms with Gasteiger partial charge in [0.05, 0.1) is 5.71 Å². The molecule has 0 heterocycles. The highest BCUT2D eigenvalue weighted by molar-refractivity contribution is 5.86. The molecule has 1 aliphatic carbocycles. The van der Waals surface area contributed by atoms with E-state index >= 15 is 0 Å². The highest BCUT2D eigenvalue weighted by Crippen LogP contribution is 2.26. The average molecular weight is 141 g/mol. The van der Waals surface area contributed by atoms with Gasteiger partial charge >= 0.3 is 0 Å². The highest BCUT2D eigenvalue weighted by Gasteiger charge is 2.22. The minimum Gasteiger partial charge on any atom is -0.411 e. The van der Waals surface area contributed by atoms with Gasteiger partial charge in [-0.15, -0.1) is 0 Å². The maximum absolute atomic E-state index is 8.57. The minimum atomic E-state index is 0.485. The van der Waals surface area contributed by atoms with Crippen LogP contribution in [-0.4, -0.2) is 10.9 Å². The van der Waals surface area contributed by atoms with Crippen molar-refractivity contribution in [1.82, 2.24) is 0 Å². The summed E-state index contributed by atoms with van der Waals surface area (Å²) < 4.78 is 0. The number of hydrogen-bond donors (Lipinski definition) is 1. The zero-order valence-corrected chi connectivity index (χ0v) is 6.67. The second-order valence-electron chi connectivity index (χ2n) is 3.25. The molecule has 0 spiro atoms. The first-order valence-electron chi connectivity index (χ1n) is 3.96. The molecule has 1 saturated carbocycles. The molecule has 0 amide bonds. The molecular formula is C8H15NO. The van der Waals surface area contributed by atoms with Crippen molar-refractivity contribution in [2.75, 3.05) is 0 Å². The van der Waals surface area contributed by atoms with Crippen LogP contribution in [0.2, 0.25) is 0 Å². The van der Waals surface area contributed by atoms with E-state index < -0.39 is 0 Å². The first-order chi connectivity index (χ1) is 4.75. The summed E-state index contributed by atoms with van der Waals surface area (Å²) in [6, 6.07) is 0. The van der Waals surface area contributed by atoms with E-state index in [2.05, 4.69) is 19.0 Å². The Kier molecular flexibility index (Phi) is 2.30. The third-order valence-electron chi connectivity index (χ3n) is 2.60. The molecular weight excluding hydrogens is 126 g/mol. The molecule has 10 heavy (non-hydrogen) atoms. The molecule has 1 rings (SSSR count). The Balaban J connectivity index is 2.60. The van der Waals surface area contributed by atoms with Gasteiger partial charge in [-0.2, -0.15) is 0 Å². The molecule has 1 fully saturated rings. The Labute approximate surface area is 61.9 Å². The summed E-state index contributed by atoms with van der Waals surface area (Å²) in [5.74, 6) is 1.18. The monoisotopic (exact) mass is 141 g/mol. The Morgan fingerprint density at radius 2 is 2.20 bits per heavy atom. The Bertz CT molecular complexity index is 142. The van der Waals surface area contributed by atoms with Gasteiger partial charge < -0.3 is 5.21 Å². The van der Waals surface area contributed by atoms with E-state index in [0.29, 0.717) is 11.8 Å². The summed E-state index contributed by atoms with van der Waals surface area (Å²) in [6.07, 6.45) is 3.45. The molecule has 0 bridgehead atoms. The molecule has 2 nitrogen and oxygen atoms in total. The van der Waals surface area contributed by atoms with Gasteiger partial charge in [-0.05, 0) is 25.2 Å². The van der Waals surface area contributed by atoms with Gasteiger partial charge in [0, 0.05) is 5.92 Å². The minimum absolute atomic E-state index is 0.485. The summed E-state index contributed by atoms with van der Waals surface area (Å²) in [5, 5.41) is 11.9. The molecule has 1 aliphatic rings. The number of rotatable bonds is 0. The third kappa shape index (κ3) is 1.31. The van der Waals surface area contributed by atoms with Gasteiger partial charge in [0.1, 0.15) is 0 Å². The van der Waals surface area contributed by atoms with Gasteiger partial charge in [-0.1, -0.05) is 19.0 Å². The van der Waals surface area contributed by atoms with Crippen molar-refractivity contribution in [3.8, 4) is 0 Å². The number of oxime groups is 1. The topological polar surface area (TPSA) is 32.6 Å². The average Bonchev–Trinajstić information content (AvgIpc) is 1.95. The van der Waals surface area contributed by atoms with Crippen molar-refractivity contribution in [2.24, 2.45) is 17.0 Å². The van der Waals surface area contributed by atoms with E-state index in [1.54, 1.807) is 0 Å². The van der Waals surface area contributed by atoms with Crippen LogP contribution in [0.4, 0.5) is 0 Å². The van der Waals surface area contributed by atoms with Crippen LogP contribution in [0.3, 0.4) is 0 Å². The van der Waals surface area contributed by atoms with E-state index in [1.807, 2.05) is 0 Å². The lowest BCUT2D eigenvalue weighted by Gasteiger charge is -2.25. The third-order valence-corrected chi connectivity index (χ3v) is 2.60. The molecule has 0 saturated heterocycles. The second-order valence-corrected chi connectivity index (χ2v) is 3.25. The molecule has 2 heteroatoms. The summed E-state index contributed by atoms with van der Waals surface area (Å²) in [5.41, 5.74) is 0.985. The predicted molar refractivity (Wildman–Crippen MR) is 41.4 cm³/mol. The molecule has 0 aromatic heterocycles. The fourth-order valence-electron chi connectivity index (χ4n) is 1.55. The van der Waals surface area contributed by atoms with Crippen LogP contribution < -0.4 is 0 Å². The Hall–Kier alpha value is -0.530. The lowest BCUT2D eigenvalue weighted by atomic mass is 9.80. The van der Waals surface area contributed by atoms with Crippen LogP contribution in [0.25, 0.3) is 0 Å². The van der Waals surface area contributed by atoms with Crippen molar-refractivity contribution < 1.29 is 5.21 Å². The SMILES string of the molecule is CC1CCCC(=NO)C1C. The quantitative estimate of drug-likeness (QED) is 0.407. The summed E-state index contributed by atoms with van der Waals surface area (Å²) in [6.45, 7) is 4.36. The van der Waals surface area contributed by atoms with Crippen molar-refractivity contribution in [2.45, 2.75) is 33.1 Å². The van der Waals surface area contributed by atoms with Gasteiger partial charge in [0.25, 0.3) is 0 Å². The molecule has 0 aromatic rings. The first-order valence-corrected chi connectivity index (χ1v) is 3.96.